The highest BCUT2D eigenvalue weighted by molar-refractivity contribution is 6.35. The summed E-state index contributed by atoms with van der Waals surface area (Å²) in [5, 5.41) is 13.7. The van der Waals surface area contributed by atoms with E-state index in [1.54, 1.807) is 54.6 Å². The molecule has 0 atom stereocenters. The van der Waals surface area contributed by atoms with E-state index in [1.165, 1.54) is 6.08 Å². The average molecular weight is 536 g/mol. The standard InChI is InChI=1S/C25H18Cl4N2O3/c1-2-33-23-11-15(9-17(13-30)25(32)31-22-6-4-3-5-19(22)27)10-21(29)24(23)34-14-16-7-8-18(26)12-20(16)28/h3-12H,2,14H2,1H3,(H,31,32)/b17-9+. The number of anilines is 1. The first-order valence-corrected chi connectivity index (χ1v) is 11.5. The van der Waals surface area contributed by atoms with Gasteiger partial charge in [0.2, 0.25) is 0 Å². The van der Waals surface area contributed by atoms with Crippen LogP contribution >= 0.6 is 46.4 Å². The molecule has 0 aliphatic rings. The van der Waals surface area contributed by atoms with Gasteiger partial charge in [-0.15, -0.1) is 0 Å². The molecule has 0 fully saturated rings. The Bertz CT molecular complexity index is 1290. The number of hydrogen-bond acceptors (Lipinski definition) is 4. The summed E-state index contributed by atoms with van der Waals surface area (Å²) >= 11 is 24.7. The van der Waals surface area contributed by atoms with Gasteiger partial charge in [0, 0.05) is 15.6 Å². The topological polar surface area (TPSA) is 71.3 Å². The minimum Gasteiger partial charge on any atom is -0.490 e. The van der Waals surface area contributed by atoms with Gasteiger partial charge in [-0.05, 0) is 55.0 Å². The van der Waals surface area contributed by atoms with Crippen molar-refractivity contribution in [1.82, 2.24) is 0 Å². The van der Waals surface area contributed by atoms with Crippen molar-refractivity contribution >= 4 is 64.1 Å². The quantitative estimate of drug-likeness (QED) is 0.235. The van der Waals surface area contributed by atoms with Gasteiger partial charge in [0.25, 0.3) is 5.91 Å². The Labute approximate surface area is 217 Å². The summed E-state index contributed by atoms with van der Waals surface area (Å²) in [4.78, 5) is 12.6. The van der Waals surface area contributed by atoms with E-state index < -0.39 is 5.91 Å². The minimum absolute atomic E-state index is 0.134. The number of amides is 1. The summed E-state index contributed by atoms with van der Waals surface area (Å²) in [6.45, 7) is 2.29. The zero-order chi connectivity index (χ0) is 24.7. The summed E-state index contributed by atoms with van der Waals surface area (Å²) in [6, 6.07) is 16.9. The summed E-state index contributed by atoms with van der Waals surface area (Å²) < 4.78 is 11.6. The van der Waals surface area contributed by atoms with Crippen molar-refractivity contribution in [3.05, 3.63) is 91.4 Å². The van der Waals surface area contributed by atoms with Crippen LogP contribution in [0.2, 0.25) is 20.1 Å². The highest BCUT2D eigenvalue weighted by atomic mass is 35.5. The molecule has 0 aliphatic carbocycles. The smallest absolute Gasteiger partial charge is 0.266 e. The fourth-order valence-electron chi connectivity index (χ4n) is 2.93. The average Bonchev–Trinajstić information content (AvgIpc) is 2.79. The van der Waals surface area contributed by atoms with E-state index in [1.807, 2.05) is 13.0 Å². The molecule has 9 heteroatoms. The molecule has 0 bridgehead atoms. The minimum atomic E-state index is -0.609. The second-order valence-corrected chi connectivity index (χ2v) is 8.55. The first kappa shape index (κ1) is 25.7. The predicted octanol–water partition coefficient (Wildman–Crippen LogP) is 7.82. The van der Waals surface area contributed by atoms with Gasteiger partial charge < -0.3 is 14.8 Å². The SMILES string of the molecule is CCOc1cc(/C=C(\C#N)C(=O)Nc2ccccc2Cl)cc(Cl)c1OCc1ccc(Cl)cc1Cl. The lowest BCUT2D eigenvalue weighted by Crippen LogP contribution is -2.13. The van der Waals surface area contributed by atoms with Crippen molar-refractivity contribution in [2.45, 2.75) is 13.5 Å². The maximum absolute atomic E-state index is 12.6. The van der Waals surface area contributed by atoms with Gasteiger partial charge >= 0.3 is 0 Å². The normalized spacial score (nSPS) is 11.0. The van der Waals surface area contributed by atoms with Gasteiger partial charge in [-0.3, -0.25) is 4.79 Å². The lowest BCUT2D eigenvalue weighted by Gasteiger charge is -2.15. The van der Waals surface area contributed by atoms with E-state index in [2.05, 4.69) is 5.32 Å². The van der Waals surface area contributed by atoms with Gasteiger partial charge in [-0.25, -0.2) is 0 Å². The first-order valence-electron chi connectivity index (χ1n) is 10.0. The second kappa shape index (κ2) is 12.0. The zero-order valence-electron chi connectivity index (χ0n) is 17.9. The fraction of sp³-hybridized carbons (Fsp3) is 0.120. The Morgan fingerprint density at radius 3 is 2.44 bits per heavy atom. The first-order chi connectivity index (χ1) is 16.3. The summed E-state index contributed by atoms with van der Waals surface area (Å²) in [5.41, 5.74) is 1.46. The van der Waals surface area contributed by atoms with Crippen LogP contribution in [0, 0.1) is 11.3 Å². The molecule has 3 rings (SSSR count). The van der Waals surface area contributed by atoms with E-state index >= 15 is 0 Å². The molecule has 174 valence electrons. The molecular formula is C25H18Cl4N2O3. The molecule has 0 unspecified atom stereocenters. The Morgan fingerprint density at radius 2 is 1.76 bits per heavy atom. The third-order valence-corrected chi connectivity index (χ3v) is 5.71. The predicted molar refractivity (Wildman–Crippen MR) is 137 cm³/mol. The molecule has 0 saturated heterocycles. The van der Waals surface area contributed by atoms with Crippen LogP contribution in [0.1, 0.15) is 18.1 Å². The zero-order valence-corrected chi connectivity index (χ0v) is 20.9. The number of rotatable bonds is 8. The Hall–Kier alpha value is -2.88. The molecular weight excluding hydrogens is 518 g/mol. The van der Waals surface area contributed by atoms with Crippen LogP contribution in [-0.2, 0) is 11.4 Å². The molecule has 0 spiro atoms. The number of nitrogens with zero attached hydrogens (tertiary/aromatic N) is 1. The van der Waals surface area contributed by atoms with E-state index in [9.17, 15) is 10.1 Å². The van der Waals surface area contributed by atoms with Crippen molar-refractivity contribution in [3.63, 3.8) is 0 Å². The Kier molecular flexibility index (Phi) is 9.09. The molecule has 0 aliphatic heterocycles. The van der Waals surface area contributed by atoms with Crippen LogP contribution in [0.25, 0.3) is 6.08 Å². The highest BCUT2D eigenvalue weighted by Crippen LogP contribution is 2.38. The summed E-state index contributed by atoms with van der Waals surface area (Å²) in [7, 11) is 0. The number of hydrogen-bond donors (Lipinski definition) is 1. The largest absolute Gasteiger partial charge is 0.490 e. The van der Waals surface area contributed by atoms with Crippen LogP contribution in [0.4, 0.5) is 5.69 Å². The summed E-state index contributed by atoms with van der Waals surface area (Å²) in [5.74, 6) is 0.0586. The van der Waals surface area contributed by atoms with Crippen LogP contribution < -0.4 is 14.8 Å². The Balaban J connectivity index is 1.87. The lowest BCUT2D eigenvalue weighted by molar-refractivity contribution is -0.112. The number of benzene rings is 3. The molecule has 0 radical (unpaired) electrons. The maximum Gasteiger partial charge on any atom is 0.266 e. The highest BCUT2D eigenvalue weighted by Gasteiger charge is 2.16. The number of halogens is 4. The third kappa shape index (κ3) is 6.59. The van der Waals surface area contributed by atoms with Gasteiger partial charge in [-0.2, -0.15) is 5.26 Å². The fourth-order valence-corrected chi connectivity index (χ4v) is 3.85. The number of nitriles is 1. The van der Waals surface area contributed by atoms with Crippen molar-refractivity contribution < 1.29 is 14.3 Å². The van der Waals surface area contributed by atoms with Gasteiger partial charge in [-0.1, -0.05) is 64.6 Å². The Morgan fingerprint density at radius 1 is 1.00 bits per heavy atom. The third-order valence-electron chi connectivity index (χ3n) is 4.52. The number of ether oxygens (including phenoxy) is 2. The number of para-hydroxylation sites is 1. The molecule has 0 heterocycles. The molecule has 1 N–H and O–H groups in total. The van der Waals surface area contributed by atoms with E-state index in [4.69, 9.17) is 55.9 Å². The molecule has 3 aromatic rings. The van der Waals surface area contributed by atoms with Crippen molar-refractivity contribution in [1.29, 1.82) is 5.26 Å². The summed E-state index contributed by atoms with van der Waals surface area (Å²) in [6.07, 6.45) is 1.40. The molecule has 0 aromatic heterocycles. The van der Waals surface area contributed by atoms with E-state index in [0.717, 1.165) is 5.56 Å². The van der Waals surface area contributed by atoms with Crippen LogP contribution in [-0.4, -0.2) is 12.5 Å². The van der Waals surface area contributed by atoms with Gasteiger partial charge in [0.15, 0.2) is 11.5 Å². The number of carbonyl (C=O) groups excluding carboxylic acids is 1. The molecule has 3 aromatic carbocycles. The van der Waals surface area contributed by atoms with Crippen molar-refractivity contribution in [3.8, 4) is 17.6 Å². The van der Waals surface area contributed by atoms with Crippen LogP contribution in [0.3, 0.4) is 0 Å². The molecule has 34 heavy (non-hydrogen) atoms. The van der Waals surface area contributed by atoms with Crippen molar-refractivity contribution in [2.24, 2.45) is 0 Å². The van der Waals surface area contributed by atoms with Crippen LogP contribution in [0.5, 0.6) is 11.5 Å². The van der Waals surface area contributed by atoms with Gasteiger partial charge in [0.05, 0.1) is 22.3 Å². The van der Waals surface area contributed by atoms with Crippen molar-refractivity contribution in [2.75, 3.05) is 11.9 Å². The van der Waals surface area contributed by atoms with E-state index in [-0.39, 0.29) is 17.2 Å². The molecule has 0 saturated carbocycles. The van der Waals surface area contributed by atoms with E-state index in [0.29, 0.717) is 44.4 Å². The van der Waals surface area contributed by atoms with Crippen LogP contribution in [0.15, 0.2) is 60.2 Å². The monoisotopic (exact) mass is 534 g/mol. The molecule has 5 nitrogen and oxygen atoms in total. The number of nitrogens with one attached hydrogen (secondary N) is 1. The maximum atomic E-state index is 12.6. The molecule has 1 amide bonds. The lowest BCUT2D eigenvalue weighted by atomic mass is 10.1. The van der Waals surface area contributed by atoms with Gasteiger partial charge in [0.1, 0.15) is 18.2 Å². The second-order valence-electron chi connectivity index (χ2n) is 6.89. The number of carbonyl (C=O) groups is 1.